The number of aromatic nitrogens is 2. The molecule has 0 aliphatic carbocycles. The molecule has 5 heterocycles. The van der Waals surface area contributed by atoms with E-state index in [2.05, 4.69) is 13.2 Å². The summed E-state index contributed by atoms with van der Waals surface area (Å²) in [4.78, 5) is 45.4. The van der Waals surface area contributed by atoms with Crippen molar-refractivity contribution < 1.29 is 37.9 Å². The zero-order valence-electron chi connectivity index (χ0n) is 24.6. The normalized spacial score (nSPS) is 25.6. The number of rotatable bonds is 12. The molecule has 1 N–H and O–H groups in total. The van der Waals surface area contributed by atoms with E-state index in [1.165, 1.54) is 28.8 Å². The van der Waals surface area contributed by atoms with Gasteiger partial charge in [0.15, 0.2) is 0 Å². The molecule has 2 saturated heterocycles. The maximum atomic E-state index is 13.2. The SMILES string of the molecule is C=CCOC(=O)C1=C(S[C@H]2C[C@@H](Cc3cn4c(C)[n+](CCF)cc4s3)N(C(=O)OCC=C)C2)[C@H](C)[C@@H]2[C@@H]([C@@H](C)O)C(=O)N12. The summed E-state index contributed by atoms with van der Waals surface area (Å²) >= 11 is 3.11. The molecule has 2 amide bonds. The smallest absolute Gasteiger partial charge is 0.410 e. The third-order valence-electron chi connectivity index (χ3n) is 8.40. The van der Waals surface area contributed by atoms with Crippen LogP contribution in [0, 0.1) is 18.8 Å². The Morgan fingerprint density at radius 2 is 2.02 bits per heavy atom. The Morgan fingerprint density at radius 1 is 1.30 bits per heavy atom. The van der Waals surface area contributed by atoms with Crippen LogP contribution in [-0.4, -0.2) is 87.1 Å². The first kappa shape index (κ1) is 31.3. The second kappa shape index (κ2) is 12.8. The van der Waals surface area contributed by atoms with Crippen LogP contribution in [0.2, 0.25) is 0 Å². The van der Waals surface area contributed by atoms with Crippen molar-refractivity contribution in [3.63, 3.8) is 0 Å². The molecule has 3 aliphatic rings. The molecule has 0 unspecified atom stereocenters. The lowest BCUT2D eigenvalue weighted by Crippen LogP contribution is -2.63. The Bertz CT molecular complexity index is 1470. The lowest BCUT2D eigenvalue weighted by atomic mass is 9.79. The van der Waals surface area contributed by atoms with Crippen LogP contribution >= 0.6 is 23.1 Å². The molecule has 0 radical (unpaired) electrons. The van der Waals surface area contributed by atoms with Crippen LogP contribution in [0.3, 0.4) is 0 Å². The topological polar surface area (TPSA) is 105 Å². The highest BCUT2D eigenvalue weighted by atomic mass is 32.2. The molecule has 0 saturated carbocycles. The standard InChI is InChI=1S/C30H38FN4O6S2/c1-6-10-40-29(38)26-27(17(3)25-24(18(4)36)28(37)35(25)26)43-22-13-20(34(15-22)30(39)41-11-7-2)12-21-14-33-19(5)32(9-8-31)16-23(33)42-21/h6-7,14,16-18,20,22,24-25,36H,1-2,8-13,15H2,3-5H3/q+1/t17-,18-,20-,22+,24-,25-/m1/s1. The Kier molecular flexibility index (Phi) is 9.33. The molecule has 2 aromatic rings. The van der Waals surface area contributed by atoms with Gasteiger partial charge >= 0.3 is 12.1 Å². The zero-order valence-corrected chi connectivity index (χ0v) is 26.2. The molecule has 13 heteroatoms. The lowest BCUT2D eigenvalue weighted by molar-refractivity contribution is -0.701. The number of aliphatic hydroxyl groups is 1. The van der Waals surface area contributed by atoms with E-state index in [0.717, 1.165) is 20.4 Å². The summed E-state index contributed by atoms with van der Waals surface area (Å²) in [6, 6.07) is -0.487. The van der Waals surface area contributed by atoms with Crippen molar-refractivity contribution in [2.24, 2.45) is 11.8 Å². The van der Waals surface area contributed by atoms with E-state index < -0.39 is 30.8 Å². The molecule has 2 fully saturated rings. The number of hydrogen-bond acceptors (Lipinski definition) is 8. The fraction of sp³-hybridized carbons (Fsp3) is 0.533. The summed E-state index contributed by atoms with van der Waals surface area (Å²) in [5, 5.41) is 10.2. The van der Waals surface area contributed by atoms with Gasteiger partial charge in [-0.2, -0.15) is 4.40 Å². The van der Waals surface area contributed by atoms with Gasteiger partial charge in [-0.05, 0) is 13.3 Å². The average Bonchev–Trinajstić information content (AvgIpc) is 3.69. The first-order valence-corrected chi connectivity index (χ1v) is 16.1. The summed E-state index contributed by atoms with van der Waals surface area (Å²) in [5.74, 6) is -0.727. The van der Waals surface area contributed by atoms with Gasteiger partial charge in [0.25, 0.3) is 5.82 Å². The predicted octanol–water partition coefficient (Wildman–Crippen LogP) is 3.41. The number of carbonyl (C=O) groups excluding carboxylic acids is 3. The van der Waals surface area contributed by atoms with Gasteiger partial charge in [-0.15, -0.1) is 11.8 Å². The first-order valence-electron chi connectivity index (χ1n) is 14.4. The van der Waals surface area contributed by atoms with Crippen molar-refractivity contribution in [1.82, 2.24) is 14.2 Å². The Morgan fingerprint density at radius 3 is 2.67 bits per heavy atom. The molecule has 3 aliphatic heterocycles. The number of imidazole rings is 1. The van der Waals surface area contributed by atoms with E-state index in [9.17, 15) is 23.9 Å². The number of likely N-dealkylation sites (tertiary alicyclic amines) is 1. The summed E-state index contributed by atoms with van der Waals surface area (Å²) in [7, 11) is 0. The number of aliphatic hydroxyl groups excluding tert-OH is 1. The molecule has 10 nitrogen and oxygen atoms in total. The van der Waals surface area contributed by atoms with E-state index in [4.69, 9.17) is 9.47 Å². The number of carbonyl (C=O) groups is 3. The van der Waals surface area contributed by atoms with Gasteiger partial charge in [0.1, 0.15) is 44.5 Å². The van der Waals surface area contributed by atoms with E-state index in [1.807, 2.05) is 35.2 Å². The van der Waals surface area contributed by atoms with Gasteiger partial charge in [0.2, 0.25) is 10.7 Å². The van der Waals surface area contributed by atoms with Crippen LogP contribution < -0.4 is 4.57 Å². The molecule has 2 aromatic heterocycles. The predicted molar refractivity (Wildman–Crippen MR) is 161 cm³/mol. The third kappa shape index (κ3) is 5.74. The molecule has 0 spiro atoms. The molecule has 43 heavy (non-hydrogen) atoms. The average molecular weight is 634 g/mol. The summed E-state index contributed by atoms with van der Waals surface area (Å²) < 4.78 is 27.7. The van der Waals surface area contributed by atoms with E-state index in [1.54, 1.807) is 23.2 Å². The Balaban J connectivity index is 1.40. The summed E-state index contributed by atoms with van der Waals surface area (Å²) in [5.41, 5.74) is 0.223. The van der Waals surface area contributed by atoms with E-state index in [-0.39, 0.29) is 48.1 Å². The van der Waals surface area contributed by atoms with Crippen LogP contribution in [0.1, 0.15) is 31.0 Å². The van der Waals surface area contributed by atoms with Gasteiger partial charge in [-0.3, -0.25) is 4.79 Å². The third-order valence-corrected chi connectivity index (χ3v) is 10.9. The minimum absolute atomic E-state index is 0.0122. The van der Waals surface area contributed by atoms with Crippen molar-refractivity contribution in [3.8, 4) is 0 Å². The Labute approximate surface area is 258 Å². The number of alkyl halides is 1. The molecular formula is C30H38FN4O6S2+. The molecular weight excluding hydrogens is 595 g/mol. The quantitative estimate of drug-likeness (QED) is 0.165. The number of halogens is 1. The van der Waals surface area contributed by atoms with Crippen molar-refractivity contribution in [1.29, 1.82) is 0 Å². The fourth-order valence-electron chi connectivity index (χ4n) is 6.41. The van der Waals surface area contributed by atoms with Crippen LogP contribution in [0.25, 0.3) is 4.83 Å². The Hall–Kier alpha value is -3.16. The number of ether oxygens (including phenoxy) is 2. The molecule has 232 valence electrons. The molecule has 5 rings (SSSR count). The van der Waals surface area contributed by atoms with Gasteiger partial charge < -0.3 is 24.4 Å². The van der Waals surface area contributed by atoms with Crippen LogP contribution in [0.4, 0.5) is 9.18 Å². The number of amides is 2. The number of aryl methyl sites for hydroxylation is 2. The molecule has 0 bridgehead atoms. The molecule has 6 atom stereocenters. The lowest BCUT2D eigenvalue weighted by Gasteiger charge is -2.46. The largest absolute Gasteiger partial charge is 0.457 e. The van der Waals surface area contributed by atoms with Gasteiger partial charge in [0, 0.05) is 42.0 Å². The number of fused-ring (bicyclic) bond motifs is 2. The number of β-lactam (4-membered cyclic amide) rings is 1. The van der Waals surface area contributed by atoms with Gasteiger partial charge in [-0.25, -0.2) is 18.5 Å². The number of esters is 1. The van der Waals surface area contributed by atoms with Crippen LogP contribution in [0.15, 0.2) is 48.3 Å². The summed E-state index contributed by atoms with van der Waals surface area (Å²) in [6.07, 6.45) is 6.96. The van der Waals surface area contributed by atoms with Gasteiger partial charge in [0.05, 0.1) is 22.9 Å². The van der Waals surface area contributed by atoms with E-state index >= 15 is 0 Å². The van der Waals surface area contributed by atoms with Crippen molar-refractivity contribution in [2.45, 2.75) is 63.6 Å². The van der Waals surface area contributed by atoms with Crippen LogP contribution in [0.5, 0.6) is 0 Å². The molecule has 0 aromatic carbocycles. The van der Waals surface area contributed by atoms with Crippen molar-refractivity contribution >= 4 is 45.9 Å². The second-order valence-corrected chi connectivity index (χ2v) is 13.7. The zero-order chi connectivity index (χ0) is 31.0. The van der Waals surface area contributed by atoms with Crippen molar-refractivity contribution in [2.75, 3.05) is 26.4 Å². The number of thioether (sulfide) groups is 1. The van der Waals surface area contributed by atoms with Crippen molar-refractivity contribution in [3.05, 3.63) is 59.0 Å². The monoisotopic (exact) mass is 633 g/mol. The van der Waals surface area contributed by atoms with Crippen LogP contribution in [-0.2, 0) is 32.0 Å². The highest BCUT2D eigenvalue weighted by Gasteiger charge is 2.60. The maximum absolute atomic E-state index is 13.2. The maximum Gasteiger partial charge on any atom is 0.410 e. The summed E-state index contributed by atoms with van der Waals surface area (Å²) in [6.45, 7) is 13.1. The fourth-order valence-corrected chi connectivity index (χ4v) is 9.13. The minimum atomic E-state index is -0.843. The highest BCUT2D eigenvalue weighted by Crippen LogP contribution is 2.52. The number of hydrogen-bond donors (Lipinski definition) is 1. The highest BCUT2D eigenvalue weighted by molar-refractivity contribution is 8.03. The first-order chi connectivity index (χ1) is 20.6. The second-order valence-electron chi connectivity index (χ2n) is 11.2. The number of nitrogens with zero attached hydrogens (tertiary/aromatic N) is 4. The number of thiazole rings is 1. The minimum Gasteiger partial charge on any atom is -0.457 e. The van der Waals surface area contributed by atoms with Gasteiger partial charge in [-0.1, -0.05) is 43.6 Å². The van der Waals surface area contributed by atoms with E-state index in [0.29, 0.717) is 25.9 Å².